The molecule has 31 heavy (non-hydrogen) atoms. The minimum absolute atomic E-state index is 0.0687. The second kappa shape index (κ2) is 7.18. The highest BCUT2D eigenvalue weighted by Crippen LogP contribution is 2.72. The van der Waals surface area contributed by atoms with Crippen molar-refractivity contribution in [1.82, 2.24) is 0 Å². The smallest absolute Gasteiger partial charge is 0.130 e. The van der Waals surface area contributed by atoms with E-state index in [2.05, 4.69) is 53.3 Å². The van der Waals surface area contributed by atoms with Crippen LogP contribution in [-0.4, -0.2) is 22.4 Å². The molecule has 2 bridgehead atoms. The Morgan fingerprint density at radius 1 is 1.03 bits per heavy atom. The van der Waals surface area contributed by atoms with Crippen LogP contribution >= 0.6 is 0 Å². The molecule has 1 N–H and O–H groups in total. The molecule has 3 nitrogen and oxygen atoms in total. The van der Waals surface area contributed by atoms with Crippen molar-refractivity contribution in [3.05, 3.63) is 24.3 Å². The molecule has 3 saturated carbocycles. The van der Waals surface area contributed by atoms with E-state index >= 15 is 0 Å². The Balaban J connectivity index is 1.42. The predicted octanol–water partition coefficient (Wildman–Crippen LogP) is 6.62. The number of fused-ring (bicyclic) bond motifs is 2. The van der Waals surface area contributed by atoms with E-state index in [4.69, 9.17) is 9.78 Å². The molecule has 174 valence electrons. The quantitative estimate of drug-likeness (QED) is 0.395. The lowest BCUT2D eigenvalue weighted by atomic mass is 9.42. The first-order chi connectivity index (χ1) is 14.6. The van der Waals surface area contributed by atoms with E-state index in [0.717, 1.165) is 31.1 Å². The van der Waals surface area contributed by atoms with Gasteiger partial charge in [0.05, 0.1) is 6.10 Å². The summed E-state index contributed by atoms with van der Waals surface area (Å²) in [6.45, 7) is 16.3. The van der Waals surface area contributed by atoms with Crippen LogP contribution in [0.1, 0.15) is 92.4 Å². The normalized spacial score (nSPS) is 51.3. The Hall–Kier alpha value is -0.640. The molecule has 2 aliphatic heterocycles. The van der Waals surface area contributed by atoms with Crippen molar-refractivity contribution in [2.24, 2.45) is 40.4 Å². The second-order valence-corrected chi connectivity index (χ2v) is 12.7. The third-order valence-corrected chi connectivity index (χ3v) is 11.1. The summed E-state index contributed by atoms with van der Waals surface area (Å²) in [7, 11) is 0. The monoisotopic (exact) mass is 428 g/mol. The maximum atomic E-state index is 10.4. The van der Waals surface area contributed by atoms with Crippen LogP contribution in [0.4, 0.5) is 0 Å². The van der Waals surface area contributed by atoms with Crippen LogP contribution in [0.5, 0.6) is 0 Å². The standard InChI is InChI=1S/C28H44O3/c1-18(2)19(3)7-8-20(4)22-9-10-23-25(22,5)13-12-24-26(6)14-11-21(29)17-27(26)15-16-28(23,24)31-30-27/h15-16,18,20-24,29H,3,7-14,17H2,1-2,4-6H3/t20?,21-,22?,23?,24?,25?,26?,27+,28-/m0/s1. The highest BCUT2D eigenvalue weighted by atomic mass is 17.2. The fourth-order valence-electron chi connectivity index (χ4n) is 8.98. The van der Waals surface area contributed by atoms with E-state index in [1.807, 2.05) is 0 Å². The van der Waals surface area contributed by atoms with E-state index in [1.165, 1.54) is 37.7 Å². The van der Waals surface area contributed by atoms with Crippen molar-refractivity contribution in [2.75, 3.05) is 0 Å². The average Bonchev–Trinajstić information content (AvgIpc) is 3.09. The molecule has 9 atom stereocenters. The van der Waals surface area contributed by atoms with Crippen molar-refractivity contribution >= 4 is 0 Å². The molecule has 6 rings (SSSR count). The van der Waals surface area contributed by atoms with Gasteiger partial charge in [0.2, 0.25) is 0 Å². The fraction of sp³-hybridized carbons (Fsp3) is 0.857. The third-order valence-electron chi connectivity index (χ3n) is 11.1. The zero-order valence-electron chi connectivity index (χ0n) is 20.5. The molecule has 1 saturated heterocycles. The summed E-state index contributed by atoms with van der Waals surface area (Å²) in [6, 6.07) is 0. The van der Waals surface area contributed by atoms with Gasteiger partial charge in [-0.25, -0.2) is 9.78 Å². The maximum absolute atomic E-state index is 10.4. The van der Waals surface area contributed by atoms with Crippen LogP contribution in [0.15, 0.2) is 24.3 Å². The van der Waals surface area contributed by atoms with Gasteiger partial charge in [0, 0.05) is 23.7 Å². The van der Waals surface area contributed by atoms with E-state index in [9.17, 15) is 5.11 Å². The molecular weight excluding hydrogens is 384 g/mol. The van der Waals surface area contributed by atoms with Crippen LogP contribution in [0, 0.1) is 40.4 Å². The van der Waals surface area contributed by atoms with Gasteiger partial charge in [0.15, 0.2) is 0 Å². The largest absolute Gasteiger partial charge is 0.393 e. The molecule has 3 heteroatoms. The Morgan fingerprint density at radius 2 is 1.81 bits per heavy atom. The summed E-state index contributed by atoms with van der Waals surface area (Å²) >= 11 is 0. The van der Waals surface area contributed by atoms with Crippen LogP contribution in [0.3, 0.4) is 0 Å². The SMILES string of the molecule is C=C(CCC(C)C1CCC2C1(C)CCC1C3(C)CC[C@H](O)C[C@]34C=C[C@]21OO4)C(C)C. The minimum Gasteiger partial charge on any atom is -0.393 e. The van der Waals surface area contributed by atoms with E-state index < -0.39 is 5.60 Å². The number of aliphatic hydroxyl groups is 1. The number of allylic oxidation sites excluding steroid dienone is 1. The zero-order valence-corrected chi connectivity index (χ0v) is 20.5. The van der Waals surface area contributed by atoms with Crippen LogP contribution in [-0.2, 0) is 9.78 Å². The summed E-state index contributed by atoms with van der Waals surface area (Å²) in [6.07, 6.45) is 14.5. The maximum Gasteiger partial charge on any atom is 0.130 e. The van der Waals surface area contributed by atoms with Gasteiger partial charge in [-0.1, -0.05) is 52.8 Å². The molecule has 2 heterocycles. The van der Waals surface area contributed by atoms with Gasteiger partial charge in [-0.2, -0.15) is 0 Å². The first-order valence-corrected chi connectivity index (χ1v) is 13.0. The fourth-order valence-corrected chi connectivity index (χ4v) is 8.98. The highest BCUT2D eigenvalue weighted by Gasteiger charge is 2.74. The average molecular weight is 429 g/mol. The molecule has 2 spiro atoms. The molecule has 4 fully saturated rings. The lowest BCUT2D eigenvalue weighted by Crippen LogP contribution is -2.73. The number of hydrogen-bond donors (Lipinski definition) is 1. The topological polar surface area (TPSA) is 38.7 Å². The lowest BCUT2D eigenvalue weighted by molar-refractivity contribution is -0.497. The Bertz CT molecular complexity index is 772. The number of hydrogen-bond acceptors (Lipinski definition) is 3. The van der Waals surface area contributed by atoms with Crippen molar-refractivity contribution < 1.29 is 14.9 Å². The first kappa shape index (κ1) is 22.2. The summed E-state index contributed by atoms with van der Waals surface area (Å²) in [5.74, 6) is 3.08. The van der Waals surface area contributed by atoms with Gasteiger partial charge in [-0.3, -0.25) is 0 Å². The van der Waals surface area contributed by atoms with Gasteiger partial charge < -0.3 is 5.11 Å². The molecule has 0 radical (unpaired) electrons. The van der Waals surface area contributed by atoms with Gasteiger partial charge in [-0.15, -0.1) is 0 Å². The number of aliphatic hydroxyl groups excluding tert-OH is 1. The zero-order chi connectivity index (χ0) is 22.2. The molecular formula is C28H44O3. The Kier molecular flexibility index (Phi) is 5.13. The summed E-state index contributed by atoms with van der Waals surface area (Å²) in [5, 5.41) is 10.4. The van der Waals surface area contributed by atoms with Gasteiger partial charge in [0.1, 0.15) is 11.2 Å². The highest BCUT2D eigenvalue weighted by molar-refractivity contribution is 5.33. The predicted molar refractivity (Wildman–Crippen MR) is 124 cm³/mol. The number of rotatable bonds is 5. The molecule has 0 amide bonds. The molecule has 0 aromatic carbocycles. The van der Waals surface area contributed by atoms with E-state index in [1.54, 1.807) is 0 Å². The van der Waals surface area contributed by atoms with Gasteiger partial charge in [0.25, 0.3) is 0 Å². The molecule has 0 aromatic rings. The first-order valence-electron chi connectivity index (χ1n) is 13.0. The molecule has 6 unspecified atom stereocenters. The molecule has 6 aliphatic rings. The Morgan fingerprint density at radius 3 is 2.48 bits per heavy atom. The minimum atomic E-state index is -0.437. The van der Waals surface area contributed by atoms with Crippen LogP contribution in [0.25, 0.3) is 0 Å². The van der Waals surface area contributed by atoms with Crippen LogP contribution < -0.4 is 0 Å². The van der Waals surface area contributed by atoms with Crippen molar-refractivity contribution in [2.45, 2.75) is 110 Å². The van der Waals surface area contributed by atoms with Gasteiger partial charge >= 0.3 is 0 Å². The van der Waals surface area contributed by atoms with Crippen molar-refractivity contribution in [3.63, 3.8) is 0 Å². The third kappa shape index (κ3) is 2.88. The summed E-state index contributed by atoms with van der Waals surface area (Å²) in [5.41, 5.74) is 1.07. The van der Waals surface area contributed by atoms with Crippen molar-refractivity contribution in [3.8, 4) is 0 Å². The van der Waals surface area contributed by atoms with Gasteiger partial charge in [-0.05, 0) is 80.6 Å². The Labute approximate surface area is 189 Å². The summed E-state index contributed by atoms with van der Waals surface area (Å²) < 4.78 is 0. The summed E-state index contributed by atoms with van der Waals surface area (Å²) in [4.78, 5) is 12.8. The van der Waals surface area contributed by atoms with E-state index in [-0.39, 0.29) is 17.1 Å². The van der Waals surface area contributed by atoms with Crippen LogP contribution in [0.2, 0.25) is 0 Å². The van der Waals surface area contributed by atoms with E-state index in [0.29, 0.717) is 29.6 Å². The second-order valence-electron chi connectivity index (χ2n) is 12.7. The molecule has 0 aromatic heterocycles. The lowest BCUT2D eigenvalue weighted by Gasteiger charge is -2.69. The van der Waals surface area contributed by atoms with Crippen molar-refractivity contribution in [1.29, 1.82) is 0 Å². The molecule has 4 aliphatic carbocycles.